The summed E-state index contributed by atoms with van der Waals surface area (Å²) in [4.78, 5) is 106. The molecule has 19 nitrogen and oxygen atoms in total. The highest BCUT2D eigenvalue weighted by Crippen LogP contribution is 2.35. The molecule has 66 heavy (non-hydrogen) atoms. The summed E-state index contributed by atoms with van der Waals surface area (Å²) < 4.78 is 13.2. The zero-order valence-electron chi connectivity index (χ0n) is 34.6. The van der Waals surface area contributed by atoms with Crippen molar-refractivity contribution in [2.24, 2.45) is 0 Å². The maximum Gasteiger partial charge on any atom is 0.311 e. The van der Waals surface area contributed by atoms with Crippen LogP contribution >= 0.6 is 63.7 Å². The molecule has 0 aliphatic carbocycles. The second-order valence-corrected chi connectivity index (χ2v) is 17.2. The third-order valence-electron chi connectivity index (χ3n) is 9.04. The van der Waals surface area contributed by atoms with Gasteiger partial charge >= 0.3 is 11.9 Å². The quantitative estimate of drug-likeness (QED) is 0.0201. The standard InChI is InChI=1S/C22H17Br2N3O7.C21H21Br2N3O6/c23-14-10-13(12-25-22(31)15-4-1-2-5-17(15)27(32)33)21(16(24)11-14)34-20(30)6-3-9-26-18(28)7-8-19(26)29;1-2-18(27)24-9-5-8-19(28)32-20-13(10-14(22)11-16(20)23)12-25-21(29)15-6-3-4-7-17(15)26(30)31/h1-2,4-5,7-8,10-11H,3,6,9,12H2,(H,25,31);3-4,6-7,10-11H,2,5,8-9,12H2,1H3,(H,24,27)(H,25,29). The Morgan fingerprint density at radius 3 is 1.48 bits per heavy atom. The number of hydrogen-bond donors (Lipinski definition) is 3. The molecule has 1 heterocycles. The lowest BCUT2D eigenvalue weighted by atomic mass is 10.1. The molecule has 0 bridgehead atoms. The van der Waals surface area contributed by atoms with E-state index in [4.69, 9.17) is 9.47 Å². The minimum Gasteiger partial charge on any atom is -0.425 e. The summed E-state index contributed by atoms with van der Waals surface area (Å²) in [6.45, 7) is 2.08. The molecule has 0 atom stereocenters. The first-order chi connectivity index (χ1) is 31.4. The molecular weight excluding hydrogens is 1130 g/mol. The van der Waals surface area contributed by atoms with Gasteiger partial charge in [-0.25, -0.2) is 0 Å². The average Bonchev–Trinajstić information content (AvgIpc) is 3.60. The fraction of sp³-hybridized carbons (Fsp3) is 0.233. The van der Waals surface area contributed by atoms with Gasteiger partial charge in [-0.15, -0.1) is 0 Å². The molecule has 0 fully saturated rings. The van der Waals surface area contributed by atoms with Crippen molar-refractivity contribution in [1.29, 1.82) is 0 Å². The van der Waals surface area contributed by atoms with Crippen LogP contribution in [0.1, 0.15) is 70.9 Å². The smallest absolute Gasteiger partial charge is 0.311 e. The van der Waals surface area contributed by atoms with Crippen LogP contribution in [0.5, 0.6) is 11.5 Å². The Morgan fingerprint density at radius 2 is 1.06 bits per heavy atom. The van der Waals surface area contributed by atoms with Gasteiger partial charge in [-0.05, 0) is 81.1 Å². The molecule has 346 valence electrons. The van der Waals surface area contributed by atoms with Crippen LogP contribution in [0.3, 0.4) is 0 Å². The summed E-state index contributed by atoms with van der Waals surface area (Å²) in [5, 5.41) is 30.3. The van der Waals surface area contributed by atoms with Crippen molar-refractivity contribution in [3.05, 3.63) is 145 Å². The number of nitro groups is 2. The van der Waals surface area contributed by atoms with E-state index in [2.05, 4.69) is 79.7 Å². The fourth-order valence-electron chi connectivity index (χ4n) is 5.86. The summed E-state index contributed by atoms with van der Waals surface area (Å²) >= 11 is 13.4. The van der Waals surface area contributed by atoms with E-state index in [-0.39, 0.29) is 78.8 Å². The molecule has 0 radical (unpaired) electrons. The number of carbonyl (C=O) groups excluding carboxylic acids is 7. The minimum atomic E-state index is -0.658. The molecule has 0 saturated carbocycles. The van der Waals surface area contributed by atoms with Crippen molar-refractivity contribution >= 4 is 117 Å². The molecule has 3 N–H and O–H groups in total. The van der Waals surface area contributed by atoms with Crippen LogP contribution in [0.4, 0.5) is 11.4 Å². The summed E-state index contributed by atoms with van der Waals surface area (Å²) in [7, 11) is 0. The van der Waals surface area contributed by atoms with Gasteiger partial charge in [-0.3, -0.25) is 58.7 Å². The molecule has 4 aromatic carbocycles. The van der Waals surface area contributed by atoms with Crippen molar-refractivity contribution in [1.82, 2.24) is 20.9 Å². The predicted molar refractivity (Wildman–Crippen MR) is 251 cm³/mol. The third kappa shape index (κ3) is 15.5. The van der Waals surface area contributed by atoms with Gasteiger partial charge in [-0.1, -0.05) is 63.0 Å². The van der Waals surface area contributed by atoms with Gasteiger partial charge in [0, 0.05) is 89.8 Å². The van der Waals surface area contributed by atoms with Gasteiger partial charge in [0.15, 0.2) is 0 Å². The largest absolute Gasteiger partial charge is 0.425 e. The molecule has 0 unspecified atom stereocenters. The van der Waals surface area contributed by atoms with Crippen LogP contribution in [0, 0.1) is 20.2 Å². The number of halogens is 4. The second-order valence-electron chi connectivity index (χ2n) is 13.7. The maximum absolute atomic E-state index is 12.6. The summed E-state index contributed by atoms with van der Waals surface area (Å²) in [5.41, 5.74) is 0.135. The Balaban J connectivity index is 0.000000289. The van der Waals surface area contributed by atoms with E-state index in [0.29, 0.717) is 48.4 Å². The lowest BCUT2D eigenvalue weighted by Gasteiger charge is -2.15. The van der Waals surface area contributed by atoms with Gasteiger partial charge < -0.3 is 25.4 Å². The first-order valence-corrected chi connectivity index (χ1v) is 22.8. The highest BCUT2D eigenvalue weighted by Gasteiger charge is 2.25. The fourth-order valence-corrected chi connectivity index (χ4v) is 8.65. The van der Waals surface area contributed by atoms with Crippen molar-refractivity contribution in [3.63, 3.8) is 0 Å². The topological polar surface area (TPSA) is 264 Å². The number of para-hydroxylation sites is 2. The predicted octanol–water partition coefficient (Wildman–Crippen LogP) is 7.92. The number of nitrogens with zero attached hydrogens (tertiary/aromatic N) is 3. The van der Waals surface area contributed by atoms with Crippen molar-refractivity contribution in [3.8, 4) is 11.5 Å². The van der Waals surface area contributed by atoms with Crippen molar-refractivity contribution < 1.29 is 52.9 Å². The van der Waals surface area contributed by atoms with Crippen LogP contribution < -0.4 is 25.4 Å². The third-order valence-corrected chi connectivity index (χ3v) is 11.1. The SMILES string of the molecule is CCC(=O)NCCCC(=O)Oc1c(Br)cc(Br)cc1CNC(=O)c1ccccc1[N+](=O)[O-].O=C(CCCN1C(=O)C=CC1=O)Oc1c(Br)cc(Br)cc1CNC(=O)c1ccccc1[N+](=O)[O-]. The normalized spacial score (nSPS) is 11.6. The molecular formula is C43H38Br4N6O13. The lowest BCUT2D eigenvalue weighted by Crippen LogP contribution is -2.31. The summed E-state index contributed by atoms with van der Waals surface area (Å²) in [6, 6.07) is 17.8. The number of hydrogen-bond acceptors (Lipinski definition) is 13. The number of nitro benzene ring substituents is 2. The van der Waals surface area contributed by atoms with E-state index in [9.17, 15) is 53.8 Å². The van der Waals surface area contributed by atoms with E-state index in [1.807, 2.05) is 0 Å². The molecule has 4 aromatic rings. The summed E-state index contributed by atoms with van der Waals surface area (Å²) in [5.74, 6) is -2.91. The molecule has 23 heteroatoms. The van der Waals surface area contributed by atoms with E-state index in [1.54, 1.807) is 31.2 Å². The minimum absolute atomic E-state index is 0.0297. The zero-order valence-corrected chi connectivity index (χ0v) is 41.0. The van der Waals surface area contributed by atoms with Crippen LogP contribution in [0.25, 0.3) is 0 Å². The first kappa shape index (κ1) is 52.5. The van der Waals surface area contributed by atoms with E-state index >= 15 is 0 Å². The number of carbonyl (C=O) groups is 7. The Morgan fingerprint density at radius 1 is 0.636 bits per heavy atom. The van der Waals surface area contributed by atoms with Gasteiger partial charge in [0.2, 0.25) is 5.91 Å². The van der Waals surface area contributed by atoms with Gasteiger partial charge in [-0.2, -0.15) is 0 Å². The Hall–Kier alpha value is -6.17. The van der Waals surface area contributed by atoms with Crippen molar-refractivity contribution in [2.75, 3.05) is 13.1 Å². The number of imide groups is 1. The number of esters is 2. The van der Waals surface area contributed by atoms with Gasteiger partial charge in [0.1, 0.15) is 22.6 Å². The maximum atomic E-state index is 12.6. The Bertz CT molecular complexity index is 2570. The second kappa shape index (κ2) is 25.5. The number of nitrogens with one attached hydrogen (secondary N) is 3. The van der Waals surface area contributed by atoms with E-state index < -0.39 is 45.4 Å². The molecule has 0 aromatic heterocycles. The Kier molecular flexibility index (Phi) is 20.3. The van der Waals surface area contributed by atoms with Crippen LogP contribution in [0.15, 0.2) is 103 Å². The van der Waals surface area contributed by atoms with Gasteiger partial charge in [0.05, 0.1) is 18.8 Å². The highest BCUT2D eigenvalue weighted by molar-refractivity contribution is 9.11. The Labute approximate surface area is 409 Å². The summed E-state index contributed by atoms with van der Waals surface area (Å²) in [6.07, 6.45) is 3.39. The van der Waals surface area contributed by atoms with Crippen molar-refractivity contribution in [2.45, 2.75) is 52.1 Å². The molecule has 0 saturated heterocycles. The number of benzene rings is 4. The van der Waals surface area contributed by atoms with Crippen LogP contribution in [0.2, 0.25) is 0 Å². The average molecular weight is 1170 g/mol. The highest BCUT2D eigenvalue weighted by atomic mass is 79.9. The van der Waals surface area contributed by atoms with Gasteiger partial charge in [0.25, 0.3) is 35.0 Å². The molecule has 1 aliphatic heterocycles. The van der Waals surface area contributed by atoms with E-state index in [0.717, 1.165) is 4.90 Å². The lowest BCUT2D eigenvalue weighted by molar-refractivity contribution is -0.385. The van der Waals surface area contributed by atoms with Crippen LogP contribution in [-0.2, 0) is 37.1 Å². The molecule has 0 spiro atoms. The first-order valence-electron chi connectivity index (χ1n) is 19.6. The number of ether oxygens (including phenoxy) is 2. The van der Waals surface area contributed by atoms with Crippen LogP contribution in [-0.4, -0.2) is 69.3 Å². The zero-order chi connectivity index (χ0) is 48.5. The molecule has 5 amide bonds. The molecule has 5 rings (SSSR count). The number of rotatable bonds is 19. The number of amides is 5. The monoisotopic (exact) mass is 1160 g/mol. The van der Waals surface area contributed by atoms with E-state index in [1.165, 1.54) is 60.7 Å². The molecule has 1 aliphatic rings.